The van der Waals surface area contributed by atoms with Gasteiger partial charge in [0.15, 0.2) is 0 Å². The number of hydrogen-bond donors (Lipinski definition) is 1. The Morgan fingerprint density at radius 2 is 2.11 bits per heavy atom. The second-order valence-corrected chi connectivity index (χ2v) is 4.50. The van der Waals surface area contributed by atoms with E-state index < -0.39 is 0 Å². The van der Waals surface area contributed by atoms with Gasteiger partial charge in [-0.3, -0.25) is 0 Å². The Labute approximate surface area is 113 Å². The van der Waals surface area contributed by atoms with Crippen molar-refractivity contribution in [3.63, 3.8) is 0 Å². The third-order valence-corrected chi connectivity index (χ3v) is 2.79. The third kappa shape index (κ3) is 4.41. The first-order valence-corrected chi connectivity index (χ1v) is 6.59. The summed E-state index contributed by atoms with van der Waals surface area (Å²) in [5.41, 5.74) is 0. The van der Waals surface area contributed by atoms with Crippen LogP contribution in [-0.2, 0) is 0 Å². The molecule has 0 spiro atoms. The topological polar surface area (TPSA) is 47.3 Å². The molecule has 2 aromatic rings. The minimum Gasteiger partial charge on any atom is -0.494 e. The molecule has 0 aliphatic carbocycles. The van der Waals surface area contributed by atoms with Crippen LogP contribution in [0.1, 0.15) is 31.0 Å². The molecule has 0 aliphatic heterocycles. The summed E-state index contributed by atoms with van der Waals surface area (Å²) < 4.78 is 11.1. The van der Waals surface area contributed by atoms with Crippen LogP contribution in [-0.4, -0.2) is 18.1 Å². The molecule has 1 heterocycles. The first-order valence-electron chi connectivity index (χ1n) is 6.59. The SMILES string of the molecule is Cc1cnc(C(C)NCCCOc2ccccc2)o1. The molecule has 0 bridgehead atoms. The molecule has 1 atom stereocenters. The van der Waals surface area contributed by atoms with Crippen molar-refractivity contribution < 1.29 is 9.15 Å². The van der Waals surface area contributed by atoms with Crippen LogP contribution in [0.3, 0.4) is 0 Å². The second-order valence-electron chi connectivity index (χ2n) is 4.50. The molecule has 1 unspecified atom stereocenters. The highest BCUT2D eigenvalue weighted by Crippen LogP contribution is 2.12. The summed E-state index contributed by atoms with van der Waals surface area (Å²) in [6.07, 6.45) is 2.69. The largest absolute Gasteiger partial charge is 0.494 e. The average molecular weight is 260 g/mol. The lowest BCUT2D eigenvalue weighted by Crippen LogP contribution is -2.21. The van der Waals surface area contributed by atoms with E-state index in [1.165, 1.54) is 0 Å². The fraction of sp³-hybridized carbons (Fsp3) is 0.400. The van der Waals surface area contributed by atoms with Gasteiger partial charge in [-0.1, -0.05) is 18.2 Å². The van der Waals surface area contributed by atoms with E-state index in [2.05, 4.69) is 10.3 Å². The summed E-state index contributed by atoms with van der Waals surface area (Å²) in [5, 5.41) is 3.36. The van der Waals surface area contributed by atoms with Crippen molar-refractivity contribution in [2.75, 3.05) is 13.2 Å². The van der Waals surface area contributed by atoms with Crippen molar-refractivity contribution in [1.29, 1.82) is 0 Å². The molecule has 102 valence electrons. The first kappa shape index (κ1) is 13.6. The van der Waals surface area contributed by atoms with Gasteiger partial charge in [0.2, 0.25) is 5.89 Å². The highest BCUT2D eigenvalue weighted by molar-refractivity contribution is 5.20. The molecule has 1 aromatic heterocycles. The van der Waals surface area contributed by atoms with E-state index in [0.29, 0.717) is 6.61 Å². The Morgan fingerprint density at radius 1 is 1.32 bits per heavy atom. The smallest absolute Gasteiger partial charge is 0.211 e. The van der Waals surface area contributed by atoms with Crippen molar-refractivity contribution in [2.24, 2.45) is 0 Å². The van der Waals surface area contributed by atoms with E-state index in [-0.39, 0.29) is 6.04 Å². The fourth-order valence-electron chi connectivity index (χ4n) is 1.76. The number of oxazole rings is 1. The predicted molar refractivity (Wildman–Crippen MR) is 74.2 cm³/mol. The monoisotopic (exact) mass is 260 g/mol. The molecule has 0 saturated carbocycles. The van der Waals surface area contributed by atoms with Crippen molar-refractivity contribution in [3.8, 4) is 5.75 Å². The molecule has 0 saturated heterocycles. The van der Waals surface area contributed by atoms with Gasteiger partial charge < -0.3 is 14.5 Å². The highest BCUT2D eigenvalue weighted by atomic mass is 16.5. The van der Waals surface area contributed by atoms with Gasteiger partial charge in [0.05, 0.1) is 18.8 Å². The highest BCUT2D eigenvalue weighted by Gasteiger charge is 2.09. The van der Waals surface area contributed by atoms with Crippen LogP contribution in [0.2, 0.25) is 0 Å². The van der Waals surface area contributed by atoms with Crippen molar-refractivity contribution in [2.45, 2.75) is 26.3 Å². The van der Waals surface area contributed by atoms with Gasteiger partial charge in [-0.05, 0) is 38.9 Å². The van der Waals surface area contributed by atoms with E-state index in [1.54, 1.807) is 6.20 Å². The Morgan fingerprint density at radius 3 is 2.79 bits per heavy atom. The maximum atomic E-state index is 5.62. The summed E-state index contributed by atoms with van der Waals surface area (Å²) in [4.78, 5) is 4.20. The van der Waals surface area contributed by atoms with E-state index in [1.807, 2.05) is 44.2 Å². The van der Waals surface area contributed by atoms with Crippen molar-refractivity contribution in [1.82, 2.24) is 10.3 Å². The Hall–Kier alpha value is -1.81. The van der Waals surface area contributed by atoms with Crippen LogP contribution in [0, 0.1) is 6.92 Å². The number of hydrogen-bond acceptors (Lipinski definition) is 4. The Balaban J connectivity index is 1.62. The molecular formula is C15H20N2O2. The van der Waals surface area contributed by atoms with Crippen LogP contribution >= 0.6 is 0 Å². The van der Waals surface area contributed by atoms with Crippen LogP contribution in [0.5, 0.6) is 5.75 Å². The average Bonchev–Trinajstić information content (AvgIpc) is 2.86. The summed E-state index contributed by atoms with van der Waals surface area (Å²) in [6, 6.07) is 9.98. The normalized spacial score (nSPS) is 12.3. The van der Waals surface area contributed by atoms with Gasteiger partial charge in [-0.15, -0.1) is 0 Å². The molecule has 1 aromatic carbocycles. The van der Waals surface area contributed by atoms with Crippen LogP contribution < -0.4 is 10.1 Å². The standard InChI is InChI=1S/C15H20N2O2/c1-12-11-17-15(19-12)13(2)16-9-6-10-18-14-7-4-3-5-8-14/h3-5,7-8,11,13,16H,6,9-10H2,1-2H3. The van der Waals surface area contributed by atoms with Gasteiger partial charge >= 0.3 is 0 Å². The molecule has 0 fully saturated rings. The number of para-hydroxylation sites is 1. The maximum Gasteiger partial charge on any atom is 0.211 e. The summed E-state index contributed by atoms with van der Waals surface area (Å²) in [6.45, 7) is 5.52. The number of ether oxygens (including phenoxy) is 1. The molecule has 4 heteroatoms. The van der Waals surface area contributed by atoms with Gasteiger partial charge in [0, 0.05) is 0 Å². The molecule has 19 heavy (non-hydrogen) atoms. The lowest BCUT2D eigenvalue weighted by molar-refractivity contribution is 0.302. The summed E-state index contributed by atoms with van der Waals surface area (Å²) in [7, 11) is 0. The van der Waals surface area contributed by atoms with Crippen molar-refractivity contribution >= 4 is 0 Å². The van der Waals surface area contributed by atoms with Crippen LogP contribution in [0.15, 0.2) is 40.9 Å². The van der Waals surface area contributed by atoms with Gasteiger partial charge in [-0.2, -0.15) is 0 Å². The quantitative estimate of drug-likeness (QED) is 0.777. The zero-order chi connectivity index (χ0) is 13.5. The zero-order valence-electron chi connectivity index (χ0n) is 11.4. The molecule has 1 N–H and O–H groups in total. The van der Waals surface area contributed by atoms with Gasteiger partial charge in [0.1, 0.15) is 11.5 Å². The number of nitrogens with zero attached hydrogens (tertiary/aromatic N) is 1. The van der Waals surface area contributed by atoms with E-state index in [9.17, 15) is 0 Å². The first-order chi connectivity index (χ1) is 9.25. The maximum absolute atomic E-state index is 5.62. The number of nitrogens with one attached hydrogen (secondary N) is 1. The number of aromatic nitrogens is 1. The summed E-state index contributed by atoms with van der Waals surface area (Å²) in [5.74, 6) is 2.50. The van der Waals surface area contributed by atoms with Crippen molar-refractivity contribution in [3.05, 3.63) is 48.2 Å². The Bertz CT molecular complexity index is 482. The number of rotatable bonds is 7. The third-order valence-electron chi connectivity index (χ3n) is 2.79. The molecule has 0 amide bonds. The molecule has 0 radical (unpaired) electrons. The van der Waals surface area contributed by atoms with E-state index in [0.717, 1.165) is 30.4 Å². The Kier molecular flexibility index (Phi) is 4.98. The lowest BCUT2D eigenvalue weighted by atomic mass is 10.3. The zero-order valence-corrected chi connectivity index (χ0v) is 11.4. The van der Waals surface area contributed by atoms with Gasteiger partial charge in [0.25, 0.3) is 0 Å². The van der Waals surface area contributed by atoms with Gasteiger partial charge in [-0.25, -0.2) is 4.98 Å². The number of benzene rings is 1. The summed E-state index contributed by atoms with van der Waals surface area (Å²) >= 11 is 0. The minimum atomic E-state index is 0.130. The minimum absolute atomic E-state index is 0.130. The fourth-order valence-corrected chi connectivity index (χ4v) is 1.76. The molecule has 2 rings (SSSR count). The van der Waals surface area contributed by atoms with Crippen LogP contribution in [0.25, 0.3) is 0 Å². The van der Waals surface area contributed by atoms with E-state index in [4.69, 9.17) is 9.15 Å². The predicted octanol–water partition coefficient (Wildman–Crippen LogP) is 3.10. The molecule has 4 nitrogen and oxygen atoms in total. The van der Waals surface area contributed by atoms with E-state index >= 15 is 0 Å². The second kappa shape index (κ2) is 6.95. The lowest BCUT2D eigenvalue weighted by Gasteiger charge is -2.10. The molecular weight excluding hydrogens is 240 g/mol. The molecule has 0 aliphatic rings. The van der Waals surface area contributed by atoms with Crippen LogP contribution in [0.4, 0.5) is 0 Å². The number of aryl methyl sites for hydroxylation is 1.